The van der Waals surface area contributed by atoms with Crippen LogP contribution in [0.3, 0.4) is 0 Å². The van der Waals surface area contributed by atoms with Gasteiger partial charge in [0.2, 0.25) is 5.91 Å². The Morgan fingerprint density at radius 3 is 2.50 bits per heavy atom. The van der Waals surface area contributed by atoms with Crippen molar-refractivity contribution in [2.75, 3.05) is 33.8 Å². The summed E-state index contributed by atoms with van der Waals surface area (Å²) in [7, 11) is 3.44. The predicted octanol–water partition coefficient (Wildman–Crippen LogP) is 2.10. The Kier molecular flexibility index (Phi) is 8.79. The number of nitrogens with zero attached hydrogens (tertiary/aromatic N) is 1. The van der Waals surface area contributed by atoms with Gasteiger partial charge in [0.05, 0.1) is 7.11 Å². The van der Waals surface area contributed by atoms with E-state index in [9.17, 15) is 4.79 Å². The number of amides is 1. The lowest BCUT2D eigenvalue weighted by atomic mass is 9.89. The molecular formula is C20H32N4O2. The van der Waals surface area contributed by atoms with E-state index in [1.165, 1.54) is 19.3 Å². The van der Waals surface area contributed by atoms with Crippen LogP contribution in [0.4, 0.5) is 0 Å². The minimum absolute atomic E-state index is 0.200. The van der Waals surface area contributed by atoms with Crippen molar-refractivity contribution in [1.29, 1.82) is 0 Å². The largest absolute Gasteiger partial charge is 0.496 e. The minimum Gasteiger partial charge on any atom is -0.496 e. The van der Waals surface area contributed by atoms with Gasteiger partial charge in [-0.1, -0.05) is 37.5 Å². The Labute approximate surface area is 156 Å². The summed E-state index contributed by atoms with van der Waals surface area (Å²) in [6, 6.07) is 8.02. The lowest BCUT2D eigenvalue weighted by Gasteiger charge is -2.21. The van der Waals surface area contributed by atoms with Gasteiger partial charge in [0.25, 0.3) is 0 Å². The average molecular weight is 361 g/mol. The SMILES string of the molecule is CN=C(NCCNC(=O)C1CCCCC1)NCCc1ccccc1OC. The molecule has 1 saturated carbocycles. The molecule has 0 atom stereocenters. The van der Waals surface area contributed by atoms with Crippen molar-refractivity contribution in [3.05, 3.63) is 29.8 Å². The molecule has 0 radical (unpaired) electrons. The first-order valence-electron chi connectivity index (χ1n) is 9.58. The van der Waals surface area contributed by atoms with Gasteiger partial charge < -0.3 is 20.7 Å². The lowest BCUT2D eigenvalue weighted by Crippen LogP contribution is -2.43. The van der Waals surface area contributed by atoms with Gasteiger partial charge in [-0.2, -0.15) is 0 Å². The number of hydrogen-bond donors (Lipinski definition) is 3. The third-order valence-electron chi connectivity index (χ3n) is 4.80. The number of para-hydroxylation sites is 1. The molecule has 0 heterocycles. The Balaban J connectivity index is 1.62. The van der Waals surface area contributed by atoms with Gasteiger partial charge in [0, 0.05) is 32.6 Å². The summed E-state index contributed by atoms with van der Waals surface area (Å²) in [6.07, 6.45) is 6.54. The maximum absolute atomic E-state index is 12.1. The number of guanidine groups is 1. The van der Waals surface area contributed by atoms with Crippen molar-refractivity contribution in [2.24, 2.45) is 10.9 Å². The molecule has 1 fully saturated rings. The van der Waals surface area contributed by atoms with E-state index in [0.717, 1.165) is 43.1 Å². The van der Waals surface area contributed by atoms with E-state index in [1.807, 2.05) is 18.2 Å². The zero-order valence-electron chi connectivity index (χ0n) is 16.0. The topological polar surface area (TPSA) is 74.8 Å². The van der Waals surface area contributed by atoms with Crippen molar-refractivity contribution in [1.82, 2.24) is 16.0 Å². The van der Waals surface area contributed by atoms with Crippen LogP contribution in [0.15, 0.2) is 29.3 Å². The summed E-state index contributed by atoms with van der Waals surface area (Å²) >= 11 is 0. The number of rotatable bonds is 8. The zero-order chi connectivity index (χ0) is 18.6. The fourth-order valence-corrected chi connectivity index (χ4v) is 3.32. The van der Waals surface area contributed by atoms with Gasteiger partial charge in [-0.05, 0) is 30.9 Å². The molecule has 0 aromatic heterocycles. The van der Waals surface area contributed by atoms with Crippen LogP contribution < -0.4 is 20.7 Å². The first kappa shape index (κ1) is 20.1. The standard InChI is InChI=1S/C20H32N4O2/c1-21-20(23-13-12-16-8-6-7-11-18(16)26-2)24-15-14-22-19(25)17-9-4-3-5-10-17/h6-8,11,17H,3-5,9-10,12-15H2,1-2H3,(H,22,25)(H2,21,23,24). The molecule has 0 bridgehead atoms. The van der Waals surface area contributed by atoms with Crippen molar-refractivity contribution in [2.45, 2.75) is 38.5 Å². The third kappa shape index (κ3) is 6.58. The molecule has 1 aliphatic rings. The molecule has 0 aliphatic heterocycles. The predicted molar refractivity (Wildman–Crippen MR) is 106 cm³/mol. The van der Waals surface area contributed by atoms with E-state index < -0.39 is 0 Å². The second kappa shape index (κ2) is 11.4. The van der Waals surface area contributed by atoms with Crippen LogP contribution in [0.25, 0.3) is 0 Å². The molecule has 26 heavy (non-hydrogen) atoms. The van der Waals surface area contributed by atoms with E-state index >= 15 is 0 Å². The third-order valence-corrected chi connectivity index (χ3v) is 4.80. The molecule has 0 unspecified atom stereocenters. The van der Waals surface area contributed by atoms with Crippen molar-refractivity contribution < 1.29 is 9.53 Å². The van der Waals surface area contributed by atoms with Crippen molar-refractivity contribution in [3.8, 4) is 5.75 Å². The Morgan fingerprint density at radius 1 is 1.08 bits per heavy atom. The number of benzene rings is 1. The average Bonchev–Trinajstić information content (AvgIpc) is 2.70. The molecule has 0 saturated heterocycles. The number of aliphatic imine (C=N–C) groups is 1. The fourth-order valence-electron chi connectivity index (χ4n) is 3.32. The van der Waals surface area contributed by atoms with Crippen LogP contribution >= 0.6 is 0 Å². The smallest absolute Gasteiger partial charge is 0.223 e. The van der Waals surface area contributed by atoms with Crippen LogP contribution in [-0.4, -0.2) is 45.7 Å². The molecule has 1 aromatic rings. The second-order valence-electron chi connectivity index (χ2n) is 6.61. The fraction of sp³-hybridized carbons (Fsp3) is 0.600. The highest BCUT2D eigenvalue weighted by molar-refractivity contribution is 5.80. The highest BCUT2D eigenvalue weighted by Gasteiger charge is 2.20. The van der Waals surface area contributed by atoms with Crippen LogP contribution in [0, 0.1) is 5.92 Å². The molecule has 3 N–H and O–H groups in total. The highest BCUT2D eigenvalue weighted by Crippen LogP contribution is 2.23. The summed E-state index contributed by atoms with van der Waals surface area (Å²) in [5, 5.41) is 9.55. The summed E-state index contributed by atoms with van der Waals surface area (Å²) in [5.41, 5.74) is 1.16. The highest BCUT2D eigenvalue weighted by atomic mass is 16.5. The number of carbonyl (C=O) groups is 1. The van der Waals surface area contributed by atoms with E-state index in [1.54, 1.807) is 14.2 Å². The normalized spacial score (nSPS) is 15.4. The van der Waals surface area contributed by atoms with Gasteiger partial charge in [-0.25, -0.2) is 0 Å². The Hall–Kier alpha value is -2.24. The summed E-state index contributed by atoms with van der Waals surface area (Å²) in [5.74, 6) is 2.06. The summed E-state index contributed by atoms with van der Waals surface area (Å²) in [4.78, 5) is 16.3. The quantitative estimate of drug-likeness (QED) is 0.377. The number of methoxy groups -OCH3 is 1. The number of nitrogens with one attached hydrogen (secondary N) is 3. The van der Waals surface area contributed by atoms with Crippen LogP contribution in [0.1, 0.15) is 37.7 Å². The molecule has 2 rings (SSSR count). The number of hydrogen-bond acceptors (Lipinski definition) is 3. The maximum atomic E-state index is 12.1. The van der Waals surface area contributed by atoms with Gasteiger partial charge >= 0.3 is 0 Å². The number of carbonyl (C=O) groups excluding carboxylic acids is 1. The first-order valence-corrected chi connectivity index (χ1v) is 9.58. The lowest BCUT2D eigenvalue weighted by molar-refractivity contribution is -0.125. The van der Waals surface area contributed by atoms with Gasteiger partial charge in [0.15, 0.2) is 5.96 Å². The molecule has 1 amide bonds. The van der Waals surface area contributed by atoms with E-state index in [2.05, 4.69) is 27.0 Å². The Morgan fingerprint density at radius 2 is 1.77 bits per heavy atom. The van der Waals surface area contributed by atoms with E-state index in [-0.39, 0.29) is 11.8 Å². The van der Waals surface area contributed by atoms with E-state index in [0.29, 0.717) is 13.1 Å². The monoisotopic (exact) mass is 360 g/mol. The van der Waals surface area contributed by atoms with Crippen molar-refractivity contribution in [3.63, 3.8) is 0 Å². The molecule has 1 aliphatic carbocycles. The molecule has 6 heteroatoms. The van der Waals surface area contributed by atoms with Crippen LogP contribution in [0.2, 0.25) is 0 Å². The summed E-state index contributed by atoms with van der Waals surface area (Å²) in [6.45, 7) is 2.03. The first-order chi connectivity index (χ1) is 12.7. The number of ether oxygens (including phenoxy) is 1. The Bertz CT molecular complexity index is 583. The van der Waals surface area contributed by atoms with Gasteiger partial charge in [-0.15, -0.1) is 0 Å². The van der Waals surface area contributed by atoms with Crippen LogP contribution in [-0.2, 0) is 11.2 Å². The minimum atomic E-state index is 0.200. The van der Waals surface area contributed by atoms with Crippen molar-refractivity contribution >= 4 is 11.9 Å². The van der Waals surface area contributed by atoms with E-state index in [4.69, 9.17) is 4.74 Å². The second-order valence-corrected chi connectivity index (χ2v) is 6.61. The summed E-state index contributed by atoms with van der Waals surface area (Å²) < 4.78 is 5.37. The van der Waals surface area contributed by atoms with Crippen LogP contribution in [0.5, 0.6) is 5.75 Å². The molecular weight excluding hydrogens is 328 g/mol. The molecule has 6 nitrogen and oxygen atoms in total. The molecule has 1 aromatic carbocycles. The van der Waals surface area contributed by atoms with Gasteiger partial charge in [0.1, 0.15) is 5.75 Å². The maximum Gasteiger partial charge on any atom is 0.223 e. The van der Waals surface area contributed by atoms with Gasteiger partial charge in [-0.3, -0.25) is 9.79 Å². The molecule has 0 spiro atoms. The zero-order valence-corrected chi connectivity index (χ0v) is 16.0. The molecule has 144 valence electrons.